The first kappa shape index (κ1) is 12.1. The number of esters is 2. The second-order valence-electron chi connectivity index (χ2n) is 5.04. The number of hydrogen-bond donors (Lipinski definition) is 0. The van der Waals surface area contributed by atoms with Crippen LogP contribution in [0.4, 0.5) is 0 Å². The molecule has 0 unspecified atom stereocenters. The highest BCUT2D eigenvalue weighted by Crippen LogP contribution is 2.40. The maximum Gasteiger partial charge on any atom is 0.333 e. The van der Waals surface area contributed by atoms with Crippen molar-refractivity contribution in [2.75, 3.05) is 0 Å². The van der Waals surface area contributed by atoms with Crippen LogP contribution in [0.2, 0.25) is 0 Å². The van der Waals surface area contributed by atoms with Gasteiger partial charge in [-0.25, -0.2) is 4.79 Å². The molecule has 94 valence electrons. The summed E-state index contributed by atoms with van der Waals surface area (Å²) in [6.45, 7) is 5.20. The molecule has 0 atom stereocenters. The highest BCUT2D eigenvalue weighted by molar-refractivity contribution is 5.87. The number of carbonyl (C=O) groups is 2. The summed E-state index contributed by atoms with van der Waals surface area (Å²) in [5.41, 5.74) is 0.168. The molecule has 1 spiro atoms. The highest BCUT2D eigenvalue weighted by atomic mass is 16.6. The van der Waals surface area contributed by atoms with E-state index in [1.807, 2.05) is 0 Å². The van der Waals surface area contributed by atoms with Gasteiger partial charge in [-0.2, -0.15) is 0 Å². The van der Waals surface area contributed by atoms with E-state index >= 15 is 0 Å². The molecule has 0 aromatic heterocycles. The molecule has 0 amide bonds. The van der Waals surface area contributed by atoms with Crippen molar-refractivity contribution in [1.29, 1.82) is 0 Å². The van der Waals surface area contributed by atoms with E-state index in [1.165, 1.54) is 0 Å². The second-order valence-corrected chi connectivity index (χ2v) is 5.04. The topological polar surface area (TPSA) is 52.6 Å². The average Bonchev–Trinajstić information content (AvgIpc) is 2.64. The van der Waals surface area contributed by atoms with Crippen LogP contribution in [-0.2, 0) is 19.1 Å². The molecule has 0 bridgehead atoms. The summed E-state index contributed by atoms with van der Waals surface area (Å²) in [5.74, 6) is -0.420. The molecule has 1 saturated carbocycles. The molecule has 4 heteroatoms. The zero-order chi connectivity index (χ0) is 12.5. The van der Waals surface area contributed by atoms with Crippen LogP contribution in [0, 0.1) is 0 Å². The Morgan fingerprint density at radius 1 is 1.41 bits per heavy atom. The Balaban J connectivity index is 1.84. The molecule has 1 aliphatic heterocycles. The van der Waals surface area contributed by atoms with Crippen molar-refractivity contribution in [1.82, 2.24) is 0 Å². The number of hydrogen-bond acceptors (Lipinski definition) is 4. The minimum Gasteiger partial charge on any atom is -0.459 e. The van der Waals surface area contributed by atoms with Gasteiger partial charge in [-0.05, 0) is 39.0 Å². The van der Waals surface area contributed by atoms with E-state index in [1.54, 1.807) is 6.92 Å². The molecule has 0 N–H and O–H groups in total. The van der Waals surface area contributed by atoms with Crippen molar-refractivity contribution in [3.63, 3.8) is 0 Å². The standard InChI is InChI=1S/C13H18O4/c1-9(2)12(15)16-10-3-6-13(7-4-10)8-5-11(14)17-13/h10H,1,3-8H2,2H3. The fourth-order valence-corrected chi connectivity index (χ4v) is 2.51. The molecular weight excluding hydrogens is 220 g/mol. The van der Waals surface area contributed by atoms with Crippen LogP contribution < -0.4 is 0 Å². The predicted molar refractivity (Wildman–Crippen MR) is 61.2 cm³/mol. The predicted octanol–water partition coefficient (Wildman–Crippen LogP) is 2.12. The Morgan fingerprint density at radius 2 is 2.06 bits per heavy atom. The summed E-state index contributed by atoms with van der Waals surface area (Å²) in [4.78, 5) is 22.5. The van der Waals surface area contributed by atoms with Crippen LogP contribution in [0.15, 0.2) is 12.2 Å². The van der Waals surface area contributed by atoms with Crippen molar-refractivity contribution in [3.05, 3.63) is 12.2 Å². The molecule has 2 rings (SSSR count). The van der Waals surface area contributed by atoms with Crippen LogP contribution in [0.5, 0.6) is 0 Å². The van der Waals surface area contributed by atoms with Gasteiger partial charge in [-0.1, -0.05) is 6.58 Å². The first-order chi connectivity index (χ1) is 8.01. The van der Waals surface area contributed by atoms with Gasteiger partial charge < -0.3 is 9.47 Å². The van der Waals surface area contributed by atoms with E-state index in [4.69, 9.17) is 9.47 Å². The van der Waals surface area contributed by atoms with Gasteiger partial charge >= 0.3 is 11.9 Å². The van der Waals surface area contributed by atoms with Crippen LogP contribution in [0.25, 0.3) is 0 Å². The lowest BCUT2D eigenvalue weighted by molar-refractivity contribution is -0.158. The van der Waals surface area contributed by atoms with E-state index in [0.29, 0.717) is 12.0 Å². The SMILES string of the molecule is C=C(C)C(=O)OC1CCC2(CCC(=O)O2)CC1. The maximum atomic E-state index is 11.4. The summed E-state index contributed by atoms with van der Waals surface area (Å²) in [6.07, 6.45) is 4.42. The molecule has 1 heterocycles. The molecule has 0 radical (unpaired) electrons. The van der Waals surface area contributed by atoms with Crippen LogP contribution in [-0.4, -0.2) is 23.6 Å². The first-order valence-corrected chi connectivity index (χ1v) is 6.09. The quantitative estimate of drug-likeness (QED) is 0.546. The summed E-state index contributed by atoms with van der Waals surface area (Å²) in [6, 6.07) is 0. The summed E-state index contributed by atoms with van der Waals surface area (Å²) in [7, 11) is 0. The molecule has 2 aliphatic rings. The number of ether oxygens (including phenoxy) is 2. The monoisotopic (exact) mass is 238 g/mol. The molecule has 0 aromatic carbocycles. The normalized spacial score (nSPS) is 32.3. The Morgan fingerprint density at radius 3 is 2.53 bits per heavy atom. The van der Waals surface area contributed by atoms with Crippen LogP contribution >= 0.6 is 0 Å². The molecule has 2 fully saturated rings. The maximum absolute atomic E-state index is 11.4. The lowest BCUT2D eigenvalue weighted by atomic mass is 9.81. The molecule has 0 aromatic rings. The highest BCUT2D eigenvalue weighted by Gasteiger charge is 2.43. The minimum atomic E-state index is -0.325. The first-order valence-electron chi connectivity index (χ1n) is 6.09. The van der Waals surface area contributed by atoms with Gasteiger partial charge in [-0.3, -0.25) is 4.79 Å². The molecular formula is C13H18O4. The summed E-state index contributed by atoms with van der Waals surface area (Å²) >= 11 is 0. The fraction of sp³-hybridized carbons (Fsp3) is 0.692. The molecule has 1 saturated heterocycles. The van der Waals surface area contributed by atoms with E-state index in [0.717, 1.165) is 32.1 Å². The molecule has 1 aliphatic carbocycles. The Bertz CT molecular complexity index is 350. The van der Waals surface area contributed by atoms with Crippen molar-refractivity contribution in [3.8, 4) is 0 Å². The lowest BCUT2D eigenvalue weighted by Gasteiger charge is -2.35. The number of rotatable bonds is 2. The Labute approximate surface area is 101 Å². The van der Waals surface area contributed by atoms with Crippen molar-refractivity contribution in [2.45, 2.75) is 57.2 Å². The molecule has 17 heavy (non-hydrogen) atoms. The third-order valence-corrected chi connectivity index (χ3v) is 3.58. The second kappa shape index (κ2) is 4.51. The van der Waals surface area contributed by atoms with Gasteiger partial charge in [-0.15, -0.1) is 0 Å². The third kappa shape index (κ3) is 2.68. The molecule has 4 nitrogen and oxygen atoms in total. The zero-order valence-corrected chi connectivity index (χ0v) is 10.2. The van der Waals surface area contributed by atoms with Crippen molar-refractivity contribution in [2.24, 2.45) is 0 Å². The fourth-order valence-electron chi connectivity index (χ4n) is 2.51. The summed E-state index contributed by atoms with van der Waals surface area (Å²) in [5, 5.41) is 0. The van der Waals surface area contributed by atoms with E-state index in [2.05, 4.69) is 6.58 Å². The van der Waals surface area contributed by atoms with Crippen LogP contribution in [0.3, 0.4) is 0 Å². The van der Waals surface area contributed by atoms with Crippen molar-refractivity contribution >= 4 is 11.9 Å². The largest absolute Gasteiger partial charge is 0.459 e. The van der Waals surface area contributed by atoms with Gasteiger partial charge in [0.15, 0.2) is 0 Å². The van der Waals surface area contributed by atoms with Gasteiger partial charge in [0.25, 0.3) is 0 Å². The third-order valence-electron chi connectivity index (χ3n) is 3.58. The Hall–Kier alpha value is -1.32. The van der Waals surface area contributed by atoms with Gasteiger partial charge in [0.1, 0.15) is 11.7 Å². The van der Waals surface area contributed by atoms with Crippen molar-refractivity contribution < 1.29 is 19.1 Å². The van der Waals surface area contributed by atoms with Crippen LogP contribution in [0.1, 0.15) is 45.4 Å². The average molecular weight is 238 g/mol. The van der Waals surface area contributed by atoms with Gasteiger partial charge in [0, 0.05) is 12.0 Å². The van der Waals surface area contributed by atoms with E-state index in [-0.39, 0.29) is 23.6 Å². The zero-order valence-electron chi connectivity index (χ0n) is 10.2. The van der Waals surface area contributed by atoms with E-state index in [9.17, 15) is 9.59 Å². The summed E-state index contributed by atoms with van der Waals surface area (Å²) < 4.78 is 10.7. The van der Waals surface area contributed by atoms with Gasteiger partial charge in [0.05, 0.1) is 0 Å². The number of carbonyl (C=O) groups excluding carboxylic acids is 2. The smallest absolute Gasteiger partial charge is 0.333 e. The minimum absolute atomic E-state index is 0.0517. The van der Waals surface area contributed by atoms with E-state index < -0.39 is 0 Å². The Kier molecular flexibility index (Phi) is 3.22. The van der Waals surface area contributed by atoms with Gasteiger partial charge in [0.2, 0.25) is 0 Å². The lowest BCUT2D eigenvalue weighted by Crippen LogP contribution is -2.37.